The largest absolute Gasteiger partial charge is 1.00 e. The second-order valence-corrected chi connectivity index (χ2v) is 3.41. The third-order valence-electron chi connectivity index (χ3n) is 0.890. The minimum atomic E-state index is -4.30. The molecule has 0 amide bonds. The van der Waals surface area contributed by atoms with Gasteiger partial charge in [-0.15, -0.1) is 0 Å². The Hall–Kier alpha value is 0.830. The van der Waals surface area contributed by atoms with Crippen molar-refractivity contribution in [1.29, 1.82) is 0 Å². The standard InChI is InChI=1S/C3H8O5S.Na.H/c1-2(3(4)5)9(6,7)8;;/h2-5H,1H3,(H,6,7,8);;/q;+1;-1. The summed E-state index contributed by atoms with van der Waals surface area (Å²) in [5, 5.41) is 14.8. The van der Waals surface area contributed by atoms with Gasteiger partial charge in [0, 0.05) is 0 Å². The van der Waals surface area contributed by atoms with Gasteiger partial charge in [-0.05, 0) is 6.92 Å². The zero-order valence-corrected chi connectivity index (χ0v) is 8.54. The summed E-state index contributed by atoms with van der Waals surface area (Å²) in [5.41, 5.74) is 0. The van der Waals surface area contributed by atoms with E-state index in [0.29, 0.717) is 0 Å². The molecule has 10 heavy (non-hydrogen) atoms. The van der Waals surface area contributed by atoms with E-state index in [1.54, 1.807) is 0 Å². The second-order valence-electron chi connectivity index (χ2n) is 1.63. The van der Waals surface area contributed by atoms with Gasteiger partial charge in [-0.25, -0.2) is 0 Å². The monoisotopic (exact) mass is 180 g/mol. The maximum atomic E-state index is 10.0. The molecule has 3 N–H and O–H groups in total. The van der Waals surface area contributed by atoms with Crippen molar-refractivity contribution in [2.45, 2.75) is 18.5 Å². The van der Waals surface area contributed by atoms with Crippen LogP contribution in [-0.2, 0) is 10.1 Å². The van der Waals surface area contributed by atoms with Gasteiger partial charge < -0.3 is 11.6 Å². The third kappa shape index (κ3) is 4.62. The van der Waals surface area contributed by atoms with Crippen molar-refractivity contribution in [3.8, 4) is 0 Å². The summed E-state index contributed by atoms with van der Waals surface area (Å²) in [6, 6.07) is 0. The van der Waals surface area contributed by atoms with Crippen LogP contribution in [0, 0.1) is 0 Å². The number of hydrogen-bond donors (Lipinski definition) is 3. The van der Waals surface area contributed by atoms with Crippen LogP contribution in [0.5, 0.6) is 0 Å². The normalized spacial score (nSPS) is 14.5. The molecule has 0 aromatic carbocycles. The van der Waals surface area contributed by atoms with Crippen molar-refractivity contribution < 1.29 is 54.2 Å². The average Bonchev–Trinajstić information content (AvgIpc) is 1.62. The number of rotatable bonds is 2. The fourth-order valence-corrected chi connectivity index (χ4v) is 0.461. The molecule has 0 aliphatic rings. The van der Waals surface area contributed by atoms with E-state index < -0.39 is 21.7 Å². The SMILES string of the molecule is CC(C(O)O)S(=O)(=O)O.[H-].[Na+]. The van der Waals surface area contributed by atoms with Gasteiger partial charge in [-0.2, -0.15) is 8.42 Å². The molecule has 0 rings (SSSR count). The van der Waals surface area contributed by atoms with E-state index in [4.69, 9.17) is 14.8 Å². The Labute approximate surface area is 82.6 Å². The van der Waals surface area contributed by atoms with Crippen LogP contribution in [0.1, 0.15) is 8.35 Å². The molecule has 0 radical (unpaired) electrons. The van der Waals surface area contributed by atoms with Gasteiger partial charge in [0.2, 0.25) is 0 Å². The molecule has 1 atom stereocenters. The molecule has 58 valence electrons. The summed E-state index contributed by atoms with van der Waals surface area (Å²) >= 11 is 0. The topological polar surface area (TPSA) is 94.8 Å². The molecule has 0 aromatic heterocycles. The molecule has 0 aliphatic heterocycles. The smallest absolute Gasteiger partial charge is 1.00 e. The molecule has 0 heterocycles. The maximum Gasteiger partial charge on any atom is 1.00 e. The Kier molecular flexibility index (Phi) is 6.25. The maximum absolute atomic E-state index is 10.0. The molecule has 0 saturated heterocycles. The average molecular weight is 180 g/mol. The summed E-state index contributed by atoms with van der Waals surface area (Å²) < 4.78 is 28.1. The van der Waals surface area contributed by atoms with Crippen molar-refractivity contribution in [3.05, 3.63) is 0 Å². The molecular formula is C3H9NaO5S. The van der Waals surface area contributed by atoms with Crippen LogP contribution in [0.3, 0.4) is 0 Å². The quantitative estimate of drug-likeness (QED) is 0.227. The summed E-state index contributed by atoms with van der Waals surface area (Å²) in [4.78, 5) is 0. The first-order valence-corrected chi connectivity index (χ1v) is 3.68. The van der Waals surface area contributed by atoms with Gasteiger partial charge in [0.15, 0.2) is 6.29 Å². The molecule has 0 bridgehead atoms. The van der Waals surface area contributed by atoms with Gasteiger partial charge >= 0.3 is 29.6 Å². The van der Waals surface area contributed by atoms with E-state index in [9.17, 15) is 8.42 Å². The molecule has 1 unspecified atom stereocenters. The van der Waals surface area contributed by atoms with Crippen LogP contribution in [0.2, 0.25) is 0 Å². The Balaban J connectivity index is -0.000000320. The van der Waals surface area contributed by atoms with Crippen LogP contribution in [0.4, 0.5) is 0 Å². The molecule has 0 aliphatic carbocycles. The minimum absolute atomic E-state index is 0. The zero-order chi connectivity index (χ0) is 7.65. The number of aliphatic hydroxyl groups excluding tert-OH is 1. The van der Waals surface area contributed by atoms with Crippen molar-refractivity contribution in [2.24, 2.45) is 0 Å². The van der Waals surface area contributed by atoms with Gasteiger partial charge in [-0.3, -0.25) is 4.55 Å². The third-order valence-corrected chi connectivity index (χ3v) is 2.07. The summed E-state index contributed by atoms with van der Waals surface area (Å²) in [6.45, 7) is 0.986. The van der Waals surface area contributed by atoms with E-state index in [1.807, 2.05) is 0 Å². The molecule has 0 fully saturated rings. The molecule has 0 aromatic rings. The second kappa shape index (κ2) is 4.66. The van der Waals surface area contributed by atoms with Crippen molar-refractivity contribution in [2.75, 3.05) is 0 Å². The molecule has 5 nitrogen and oxygen atoms in total. The van der Waals surface area contributed by atoms with E-state index in [-0.39, 0.29) is 31.0 Å². The van der Waals surface area contributed by atoms with Gasteiger partial charge in [-0.1, -0.05) is 0 Å². The van der Waals surface area contributed by atoms with E-state index in [0.717, 1.165) is 6.92 Å². The Morgan fingerprint density at radius 1 is 1.40 bits per heavy atom. The fraction of sp³-hybridized carbons (Fsp3) is 1.00. The van der Waals surface area contributed by atoms with Crippen molar-refractivity contribution >= 4 is 10.1 Å². The van der Waals surface area contributed by atoms with Crippen LogP contribution in [0.15, 0.2) is 0 Å². The van der Waals surface area contributed by atoms with Crippen LogP contribution < -0.4 is 29.6 Å². The van der Waals surface area contributed by atoms with E-state index >= 15 is 0 Å². The molecule has 0 saturated carbocycles. The van der Waals surface area contributed by atoms with Gasteiger partial charge in [0.05, 0.1) is 0 Å². The first kappa shape index (κ1) is 13.4. The number of aliphatic hydroxyl groups is 2. The van der Waals surface area contributed by atoms with Gasteiger partial charge in [0.25, 0.3) is 10.1 Å². The minimum Gasteiger partial charge on any atom is -1.00 e. The van der Waals surface area contributed by atoms with Crippen LogP contribution >= 0.6 is 0 Å². The zero-order valence-electron chi connectivity index (χ0n) is 6.72. The van der Waals surface area contributed by atoms with E-state index in [1.165, 1.54) is 0 Å². The number of hydrogen-bond acceptors (Lipinski definition) is 4. The predicted octanol–water partition coefficient (Wildman–Crippen LogP) is -4.31. The molecule has 0 spiro atoms. The first-order chi connectivity index (χ1) is 3.85. The Morgan fingerprint density at radius 2 is 1.70 bits per heavy atom. The fourth-order valence-electron chi connectivity index (χ4n) is 0.154. The summed E-state index contributed by atoms with van der Waals surface area (Å²) in [5.74, 6) is 0. The van der Waals surface area contributed by atoms with Gasteiger partial charge in [0.1, 0.15) is 5.25 Å². The molecule has 7 heteroatoms. The summed E-state index contributed by atoms with van der Waals surface area (Å²) in [7, 11) is -4.30. The van der Waals surface area contributed by atoms with Crippen molar-refractivity contribution in [3.63, 3.8) is 0 Å². The van der Waals surface area contributed by atoms with Crippen LogP contribution in [0.25, 0.3) is 0 Å². The van der Waals surface area contributed by atoms with E-state index in [2.05, 4.69) is 0 Å². The molecular weight excluding hydrogens is 171 g/mol. The Morgan fingerprint density at radius 3 is 1.70 bits per heavy atom. The van der Waals surface area contributed by atoms with Crippen LogP contribution in [-0.4, -0.2) is 34.7 Å². The predicted molar refractivity (Wildman–Crippen MR) is 30.3 cm³/mol. The first-order valence-electron chi connectivity index (χ1n) is 2.18. The Bertz CT molecular complexity index is 178. The van der Waals surface area contributed by atoms with Crippen molar-refractivity contribution in [1.82, 2.24) is 0 Å². The summed E-state index contributed by atoms with van der Waals surface area (Å²) in [6.07, 6.45) is -2.03.